The molecule has 0 atom stereocenters. The topological polar surface area (TPSA) is 62.7 Å². The highest BCUT2D eigenvalue weighted by Gasteiger charge is 2.10. The summed E-state index contributed by atoms with van der Waals surface area (Å²) in [6, 6.07) is 13.9. The molecule has 2 aromatic carbocycles. The monoisotopic (exact) mass is 326 g/mol. The van der Waals surface area contributed by atoms with Gasteiger partial charge in [-0.25, -0.2) is 0 Å². The van der Waals surface area contributed by atoms with Crippen molar-refractivity contribution in [1.82, 2.24) is 14.8 Å². The number of amides is 1. The van der Waals surface area contributed by atoms with Gasteiger partial charge in [0.05, 0.1) is 0 Å². The smallest absolute Gasteiger partial charge is 0.244 e. The van der Waals surface area contributed by atoms with Crippen LogP contribution < -0.4 is 5.32 Å². The number of benzene rings is 2. The molecular formula is C17H18N4OS. The van der Waals surface area contributed by atoms with Crippen LogP contribution in [0.15, 0.2) is 42.5 Å². The van der Waals surface area contributed by atoms with Crippen molar-refractivity contribution in [2.75, 3.05) is 5.32 Å². The van der Waals surface area contributed by atoms with E-state index in [9.17, 15) is 4.79 Å². The van der Waals surface area contributed by atoms with Gasteiger partial charge in [-0.15, -0.1) is 0 Å². The van der Waals surface area contributed by atoms with Gasteiger partial charge in [-0.1, -0.05) is 37.3 Å². The van der Waals surface area contributed by atoms with Crippen molar-refractivity contribution < 1.29 is 4.79 Å². The average molecular weight is 326 g/mol. The molecule has 0 bridgehead atoms. The number of carbonyl (C=O) groups excluding carboxylic acids is 1. The van der Waals surface area contributed by atoms with Crippen LogP contribution in [0.2, 0.25) is 0 Å². The van der Waals surface area contributed by atoms with Crippen molar-refractivity contribution in [2.24, 2.45) is 0 Å². The van der Waals surface area contributed by atoms with Crippen LogP contribution in [0.1, 0.15) is 19.2 Å². The SMILES string of the molecule is CCCc1n[nH]c(=S)n1CC(=O)Nc1ccc2ccccc2c1. The first-order chi connectivity index (χ1) is 11.2. The summed E-state index contributed by atoms with van der Waals surface area (Å²) >= 11 is 5.20. The number of H-pyrrole nitrogens is 1. The second-order valence-corrected chi connectivity index (χ2v) is 5.78. The van der Waals surface area contributed by atoms with E-state index < -0.39 is 0 Å². The third-order valence-electron chi connectivity index (χ3n) is 3.65. The van der Waals surface area contributed by atoms with Crippen molar-refractivity contribution in [3.8, 4) is 0 Å². The summed E-state index contributed by atoms with van der Waals surface area (Å²) in [5, 5.41) is 12.1. The molecule has 118 valence electrons. The molecular weight excluding hydrogens is 308 g/mol. The molecule has 1 aromatic heterocycles. The van der Waals surface area contributed by atoms with Gasteiger partial charge in [-0.3, -0.25) is 14.5 Å². The zero-order valence-electron chi connectivity index (χ0n) is 12.9. The maximum atomic E-state index is 12.3. The highest BCUT2D eigenvalue weighted by atomic mass is 32.1. The number of aromatic nitrogens is 3. The van der Waals surface area contributed by atoms with Gasteiger partial charge in [-0.2, -0.15) is 5.10 Å². The predicted molar refractivity (Wildman–Crippen MR) is 94.0 cm³/mol. The number of hydrogen-bond donors (Lipinski definition) is 2. The second-order valence-electron chi connectivity index (χ2n) is 5.39. The van der Waals surface area contributed by atoms with Crippen LogP contribution in [0.5, 0.6) is 0 Å². The van der Waals surface area contributed by atoms with Gasteiger partial charge in [0.25, 0.3) is 0 Å². The molecule has 3 aromatic rings. The number of fused-ring (bicyclic) bond motifs is 1. The van der Waals surface area contributed by atoms with Crippen molar-refractivity contribution >= 4 is 34.6 Å². The lowest BCUT2D eigenvalue weighted by atomic mass is 10.1. The van der Waals surface area contributed by atoms with E-state index in [0.717, 1.165) is 35.1 Å². The highest BCUT2D eigenvalue weighted by molar-refractivity contribution is 7.71. The number of aromatic amines is 1. The fourth-order valence-electron chi connectivity index (χ4n) is 2.54. The summed E-state index contributed by atoms with van der Waals surface area (Å²) in [6.45, 7) is 2.23. The van der Waals surface area contributed by atoms with E-state index in [1.54, 1.807) is 4.57 Å². The molecule has 3 rings (SSSR count). The van der Waals surface area contributed by atoms with Crippen molar-refractivity contribution in [3.05, 3.63) is 53.1 Å². The van der Waals surface area contributed by atoms with Crippen LogP contribution in [0.3, 0.4) is 0 Å². The lowest BCUT2D eigenvalue weighted by molar-refractivity contribution is -0.116. The van der Waals surface area contributed by atoms with Crippen LogP contribution in [0, 0.1) is 4.77 Å². The Morgan fingerprint density at radius 3 is 2.83 bits per heavy atom. The number of rotatable bonds is 5. The molecule has 0 spiro atoms. The number of nitrogens with zero attached hydrogens (tertiary/aromatic N) is 2. The summed E-state index contributed by atoms with van der Waals surface area (Å²) < 4.78 is 2.22. The third kappa shape index (κ3) is 3.48. The maximum Gasteiger partial charge on any atom is 0.244 e. The summed E-state index contributed by atoms with van der Waals surface area (Å²) in [6.07, 6.45) is 1.74. The Morgan fingerprint density at radius 1 is 1.26 bits per heavy atom. The largest absolute Gasteiger partial charge is 0.325 e. The molecule has 0 radical (unpaired) electrons. The Bertz CT molecular complexity index is 897. The number of nitrogens with one attached hydrogen (secondary N) is 2. The van der Waals surface area contributed by atoms with E-state index in [2.05, 4.69) is 22.4 Å². The quantitative estimate of drug-likeness (QED) is 0.703. The molecule has 23 heavy (non-hydrogen) atoms. The Balaban J connectivity index is 1.76. The number of hydrogen-bond acceptors (Lipinski definition) is 3. The summed E-state index contributed by atoms with van der Waals surface area (Å²) in [5.74, 6) is 0.696. The van der Waals surface area contributed by atoms with E-state index in [0.29, 0.717) is 4.77 Å². The van der Waals surface area contributed by atoms with Crippen LogP contribution in [-0.2, 0) is 17.8 Å². The lowest BCUT2D eigenvalue weighted by Gasteiger charge is -2.08. The molecule has 0 aliphatic rings. The summed E-state index contributed by atoms with van der Waals surface area (Å²) in [7, 11) is 0. The first-order valence-corrected chi connectivity index (χ1v) is 8.01. The van der Waals surface area contributed by atoms with Crippen molar-refractivity contribution in [1.29, 1.82) is 0 Å². The number of anilines is 1. The minimum atomic E-state index is -0.116. The molecule has 0 fully saturated rings. The average Bonchev–Trinajstić information content (AvgIpc) is 2.88. The maximum absolute atomic E-state index is 12.3. The van der Waals surface area contributed by atoms with E-state index in [1.165, 1.54) is 0 Å². The van der Waals surface area contributed by atoms with Gasteiger partial charge in [0.15, 0.2) is 4.77 Å². The molecule has 1 heterocycles. The van der Waals surface area contributed by atoms with Crippen molar-refractivity contribution in [2.45, 2.75) is 26.3 Å². The molecule has 2 N–H and O–H groups in total. The number of aryl methyl sites for hydroxylation is 1. The predicted octanol–water partition coefficient (Wildman–Crippen LogP) is 3.69. The fourth-order valence-corrected chi connectivity index (χ4v) is 2.75. The highest BCUT2D eigenvalue weighted by Crippen LogP contribution is 2.18. The zero-order valence-corrected chi connectivity index (χ0v) is 13.7. The van der Waals surface area contributed by atoms with Gasteiger partial charge in [-0.05, 0) is 41.5 Å². The third-order valence-corrected chi connectivity index (χ3v) is 3.96. The Kier molecular flexibility index (Phi) is 4.52. The number of carbonyl (C=O) groups is 1. The Hall–Kier alpha value is -2.47. The van der Waals surface area contributed by atoms with E-state index >= 15 is 0 Å². The van der Waals surface area contributed by atoms with E-state index in [4.69, 9.17) is 12.2 Å². The normalized spacial score (nSPS) is 10.8. The van der Waals surface area contributed by atoms with Gasteiger partial charge in [0, 0.05) is 12.1 Å². The molecule has 0 saturated heterocycles. The van der Waals surface area contributed by atoms with Gasteiger partial charge in [0.2, 0.25) is 5.91 Å². The fraction of sp³-hybridized carbons (Fsp3) is 0.235. The van der Waals surface area contributed by atoms with Crippen LogP contribution in [0.25, 0.3) is 10.8 Å². The molecule has 0 saturated carbocycles. The standard InChI is InChI=1S/C17H18N4OS/c1-2-5-15-19-20-17(23)21(15)11-16(22)18-14-9-8-12-6-3-4-7-13(12)10-14/h3-4,6-10H,2,5,11H2,1H3,(H,18,22)(H,20,23). The zero-order chi connectivity index (χ0) is 16.2. The van der Waals surface area contributed by atoms with Gasteiger partial charge < -0.3 is 5.32 Å². The molecule has 5 nitrogen and oxygen atoms in total. The Labute approximate surface area is 139 Å². The van der Waals surface area contributed by atoms with Crippen LogP contribution >= 0.6 is 12.2 Å². The first-order valence-electron chi connectivity index (χ1n) is 7.60. The summed E-state index contributed by atoms with van der Waals surface area (Å²) in [5.41, 5.74) is 0.778. The second kappa shape index (κ2) is 6.75. The lowest BCUT2D eigenvalue weighted by Crippen LogP contribution is -2.20. The van der Waals surface area contributed by atoms with Crippen LogP contribution in [-0.4, -0.2) is 20.7 Å². The minimum Gasteiger partial charge on any atom is -0.325 e. The Morgan fingerprint density at radius 2 is 2.04 bits per heavy atom. The van der Waals surface area contributed by atoms with Crippen molar-refractivity contribution in [3.63, 3.8) is 0 Å². The molecule has 0 aliphatic carbocycles. The van der Waals surface area contributed by atoms with Gasteiger partial charge in [0.1, 0.15) is 12.4 Å². The van der Waals surface area contributed by atoms with Gasteiger partial charge >= 0.3 is 0 Å². The minimum absolute atomic E-state index is 0.116. The van der Waals surface area contributed by atoms with E-state index in [1.807, 2.05) is 42.5 Å². The molecule has 0 unspecified atom stereocenters. The molecule has 1 amide bonds. The van der Waals surface area contributed by atoms with E-state index in [-0.39, 0.29) is 12.5 Å². The molecule has 6 heteroatoms. The molecule has 0 aliphatic heterocycles. The summed E-state index contributed by atoms with van der Waals surface area (Å²) in [4.78, 5) is 12.3. The van der Waals surface area contributed by atoms with Crippen LogP contribution in [0.4, 0.5) is 5.69 Å². The first kappa shape index (κ1) is 15.4.